The second-order valence-electron chi connectivity index (χ2n) is 6.02. The highest BCUT2D eigenvalue weighted by atomic mass is 35.5. The molecule has 2 aromatic carbocycles. The number of aromatic nitrogens is 1. The molecule has 1 N–H and O–H groups in total. The number of ether oxygens (including phenoxy) is 2. The van der Waals surface area contributed by atoms with Crippen LogP contribution in [0.3, 0.4) is 0 Å². The summed E-state index contributed by atoms with van der Waals surface area (Å²) < 4.78 is 49.6. The van der Waals surface area contributed by atoms with Gasteiger partial charge in [-0.15, -0.1) is 0 Å². The Balaban J connectivity index is 1.93. The molecule has 0 aliphatic heterocycles. The Hall–Kier alpha value is -2.84. The van der Waals surface area contributed by atoms with Crippen LogP contribution in [0.15, 0.2) is 48.5 Å². The monoisotopic (exact) mass is 424 g/mol. The molecule has 152 valence electrons. The summed E-state index contributed by atoms with van der Waals surface area (Å²) in [6.07, 6.45) is -4.57. The van der Waals surface area contributed by atoms with Crippen LogP contribution in [0.5, 0.6) is 5.75 Å². The number of alkyl halides is 3. The molecule has 0 spiro atoms. The Morgan fingerprint density at radius 1 is 1.14 bits per heavy atom. The van der Waals surface area contributed by atoms with Gasteiger partial charge in [0.05, 0.1) is 17.9 Å². The number of amides is 1. The van der Waals surface area contributed by atoms with E-state index in [-0.39, 0.29) is 35.5 Å². The van der Waals surface area contributed by atoms with E-state index in [2.05, 4.69) is 10.3 Å². The molecule has 1 aromatic heterocycles. The summed E-state index contributed by atoms with van der Waals surface area (Å²) in [4.78, 5) is 16.7. The quantitative estimate of drug-likeness (QED) is 0.437. The first kappa shape index (κ1) is 20.9. The Labute approximate surface area is 169 Å². The molecule has 9 heteroatoms. The molecule has 0 unspecified atom stereocenters. The van der Waals surface area contributed by atoms with Gasteiger partial charge in [-0.05, 0) is 29.7 Å². The molecule has 0 atom stereocenters. The lowest BCUT2D eigenvalue weighted by molar-refractivity contribution is -0.137. The maximum Gasteiger partial charge on any atom is 0.416 e. The van der Waals surface area contributed by atoms with Gasteiger partial charge in [0.1, 0.15) is 23.2 Å². The molecular weight excluding hydrogens is 409 g/mol. The first-order valence-electron chi connectivity index (χ1n) is 8.49. The van der Waals surface area contributed by atoms with Crippen molar-refractivity contribution in [2.24, 2.45) is 0 Å². The van der Waals surface area contributed by atoms with Crippen molar-refractivity contribution in [2.75, 3.05) is 25.6 Å². The smallest absolute Gasteiger partial charge is 0.416 e. The lowest BCUT2D eigenvalue weighted by atomic mass is 10.1. The number of anilines is 1. The maximum absolute atomic E-state index is 13.1. The summed E-state index contributed by atoms with van der Waals surface area (Å²) in [6.45, 7) is 0.334. The van der Waals surface area contributed by atoms with E-state index in [4.69, 9.17) is 21.1 Å². The number of nitrogens with zero attached hydrogens (tertiary/aromatic N) is 1. The molecule has 1 amide bonds. The van der Waals surface area contributed by atoms with Crippen molar-refractivity contribution in [3.05, 3.63) is 64.9 Å². The summed E-state index contributed by atoms with van der Waals surface area (Å²) in [5.41, 5.74) is -1.09. The van der Waals surface area contributed by atoms with Crippen molar-refractivity contribution < 1.29 is 27.4 Å². The van der Waals surface area contributed by atoms with Crippen LogP contribution >= 0.6 is 11.6 Å². The lowest BCUT2D eigenvalue weighted by Gasteiger charge is -2.15. The minimum absolute atomic E-state index is 0.0334. The summed E-state index contributed by atoms with van der Waals surface area (Å²) >= 11 is 6.13. The van der Waals surface area contributed by atoms with E-state index < -0.39 is 17.6 Å². The lowest BCUT2D eigenvalue weighted by Crippen LogP contribution is -2.16. The van der Waals surface area contributed by atoms with Gasteiger partial charge in [0, 0.05) is 12.5 Å². The molecule has 3 rings (SSSR count). The van der Waals surface area contributed by atoms with Crippen LogP contribution in [-0.4, -0.2) is 31.2 Å². The van der Waals surface area contributed by atoms with Crippen LogP contribution in [0.25, 0.3) is 10.8 Å². The highest BCUT2D eigenvalue weighted by Gasteiger charge is 2.31. The average Bonchev–Trinajstić information content (AvgIpc) is 2.68. The normalized spacial score (nSPS) is 11.5. The van der Waals surface area contributed by atoms with Crippen molar-refractivity contribution in [3.8, 4) is 5.75 Å². The third-order valence-corrected chi connectivity index (χ3v) is 4.31. The van der Waals surface area contributed by atoms with Gasteiger partial charge in [-0.2, -0.15) is 13.2 Å². The molecule has 0 radical (unpaired) electrons. The number of carbonyl (C=O) groups excluding carboxylic acids is 1. The third kappa shape index (κ3) is 4.96. The largest absolute Gasteiger partial charge is 0.489 e. The van der Waals surface area contributed by atoms with E-state index in [0.29, 0.717) is 10.8 Å². The standard InChI is InChI=1S/C20H16ClF3N2O3/c1-28-8-9-29-17-7-6-13(20(22,23)24)11-15(17)26-19(27)16-10-12-4-2-3-5-14(12)18(21)25-16/h2-7,10-11H,8-9H2,1H3,(H,26,27). The van der Waals surface area contributed by atoms with Gasteiger partial charge in [-0.1, -0.05) is 35.9 Å². The number of benzene rings is 2. The Morgan fingerprint density at radius 2 is 1.90 bits per heavy atom. The zero-order chi connectivity index (χ0) is 21.0. The molecule has 0 aliphatic rings. The van der Waals surface area contributed by atoms with Crippen LogP contribution in [0.2, 0.25) is 5.15 Å². The SMILES string of the molecule is COCCOc1ccc(C(F)(F)F)cc1NC(=O)c1cc2ccccc2c(Cl)n1. The summed E-state index contributed by atoms with van der Waals surface area (Å²) in [5, 5.41) is 3.89. The number of hydrogen-bond donors (Lipinski definition) is 1. The van der Waals surface area contributed by atoms with Gasteiger partial charge in [-0.3, -0.25) is 4.79 Å². The van der Waals surface area contributed by atoms with Crippen LogP contribution in [0.4, 0.5) is 18.9 Å². The first-order valence-corrected chi connectivity index (χ1v) is 8.87. The number of nitrogens with one attached hydrogen (secondary N) is 1. The van der Waals surface area contributed by atoms with E-state index in [9.17, 15) is 18.0 Å². The highest BCUT2D eigenvalue weighted by Crippen LogP contribution is 2.35. The number of fused-ring (bicyclic) bond motifs is 1. The summed E-state index contributed by atoms with van der Waals surface area (Å²) in [5.74, 6) is -0.635. The molecule has 1 heterocycles. The molecule has 0 aliphatic carbocycles. The minimum Gasteiger partial charge on any atom is -0.489 e. The molecular formula is C20H16ClF3N2O3. The number of rotatable bonds is 6. The number of carbonyl (C=O) groups is 1. The predicted octanol–water partition coefficient (Wildman–Crippen LogP) is 5.18. The fraction of sp³-hybridized carbons (Fsp3) is 0.200. The van der Waals surface area contributed by atoms with E-state index >= 15 is 0 Å². The maximum atomic E-state index is 13.1. The zero-order valence-corrected chi connectivity index (χ0v) is 16.0. The van der Waals surface area contributed by atoms with Gasteiger partial charge in [0.25, 0.3) is 5.91 Å². The first-order chi connectivity index (χ1) is 13.8. The van der Waals surface area contributed by atoms with Gasteiger partial charge in [0.15, 0.2) is 0 Å². The second-order valence-corrected chi connectivity index (χ2v) is 6.38. The van der Waals surface area contributed by atoms with Crippen molar-refractivity contribution >= 4 is 34.0 Å². The van der Waals surface area contributed by atoms with E-state index in [0.717, 1.165) is 18.2 Å². The number of hydrogen-bond acceptors (Lipinski definition) is 4. The Morgan fingerprint density at radius 3 is 2.62 bits per heavy atom. The van der Waals surface area contributed by atoms with E-state index in [1.165, 1.54) is 13.2 Å². The van der Waals surface area contributed by atoms with Gasteiger partial charge in [0.2, 0.25) is 0 Å². The second kappa shape index (κ2) is 8.67. The number of halogens is 4. The van der Waals surface area contributed by atoms with E-state index in [1.54, 1.807) is 24.3 Å². The minimum atomic E-state index is -4.57. The third-order valence-electron chi connectivity index (χ3n) is 4.03. The topological polar surface area (TPSA) is 60.5 Å². The van der Waals surface area contributed by atoms with Crippen molar-refractivity contribution in [1.82, 2.24) is 4.98 Å². The number of methoxy groups -OCH3 is 1. The highest BCUT2D eigenvalue weighted by molar-refractivity contribution is 6.34. The molecule has 3 aromatic rings. The van der Waals surface area contributed by atoms with E-state index in [1.807, 2.05) is 0 Å². The fourth-order valence-electron chi connectivity index (χ4n) is 2.62. The van der Waals surface area contributed by atoms with Crippen molar-refractivity contribution in [1.29, 1.82) is 0 Å². The van der Waals surface area contributed by atoms with Crippen LogP contribution in [0, 0.1) is 0 Å². The molecule has 0 saturated heterocycles. The number of pyridine rings is 1. The van der Waals surface area contributed by atoms with Gasteiger partial charge in [-0.25, -0.2) is 4.98 Å². The van der Waals surface area contributed by atoms with Crippen LogP contribution < -0.4 is 10.1 Å². The van der Waals surface area contributed by atoms with Crippen molar-refractivity contribution in [2.45, 2.75) is 6.18 Å². The summed E-state index contributed by atoms with van der Waals surface area (Å²) in [7, 11) is 1.47. The van der Waals surface area contributed by atoms with Crippen LogP contribution in [-0.2, 0) is 10.9 Å². The molecule has 0 fully saturated rings. The summed E-state index contributed by atoms with van der Waals surface area (Å²) in [6, 6.07) is 11.4. The average molecular weight is 425 g/mol. The van der Waals surface area contributed by atoms with Gasteiger partial charge < -0.3 is 14.8 Å². The zero-order valence-electron chi connectivity index (χ0n) is 15.2. The van der Waals surface area contributed by atoms with Crippen molar-refractivity contribution in [3.63, 3.8) is 0 Å². The predicted molar refractivity (Wildman–Crippen MR) is 104 cm³/mol. The Kier molecular flexibility index (Phi) is 6.24. The molecule has 5 nitrogen and oxygen atoms in total. The molecule has 0 bridgehead atoms. The Bertz CT molecular complexity index is 1040. The van der Waals surface area contributed by atoms with Crippen LogP contribution in [0.1, 0.15) is 16.1 Å². The van der Waals surface area contributed by atoms with Gasteiger partial charge >= 0.3 is 6.18 Å². The fourth-order valence-corrected chi connectivity index (χ4v) is 2.89. The molecule has 0 saturated carbocycles. The molecule has 29 heavy (non-hydrogen) atoms.